The minimum Gasteiger partial charge on any atom is -0.320 e. The first-order valence-electron chi connectivity index (χ1n) is 4.68. The van der Waals surface area contributed by atoms with E-state index >= 15 is 0 Å². The first kappa shape index (κ1) is 11.2. The SMILES string of the molecule is C=C(Cl)/C(C)=C1\C(=O)Nc2c(Cl)cccc21. The van der Waals surface area contributed by atoms with Gasteiger partial charge in [-0.3, -0.25) is 4.79 Å². The number of hydrogen-bond donors (Lipinski definition) is 1. The number of fused-ring (bicyclic) bond motifs is 1. The topological polar surface area (TPSA) is 29.1 Å². The van der Waals surface area contributed by atoms with Crippen molar-refractivity contribution in [3.8, 4) is 0 Å². The molecule has 1 aromatic rings. The molecule has 1 amide bonds. The van der Waals surface area contributed by atoms with E-state index in [9.17, 15) is 4.79 Å². The molecule has 2 nitrogen and oxygen atoms in total. The molecule has 0 unspecified atom stereocenters. The van der Waals surface area contributed by atoms with Gasteiger partial charge in [0.1, 0.15) is 0 Å². The van der Waals surface area contributed by atoms with E-state index in [4.69, 9.17) is 23.2 Å². The maximum absolute atomic E-state index is 11.8. The molecular formula is C12H9Cl2NO. The Morgan fingerprint density at radius 2 is 2.12 bits per heavy atom. The zero-order valence-corrected chi connectivity index (χ0v) is 10.1. The highest BCUT2D eigenvalue weighted by Gasteiger charge is 2.27. The quantitative estimate of drug-likeness (QED) is 0.758. The maximum atomic E-state index is 11.8. The standard InChI is InChI=1S/C12H9Cl2NO/c1-6(7(2)13)10-8-4-3-5-9(14)11(8)15-12(10)16/h3-5H,2H2,1H3,(H,15,16)/b10-6-. The molecule has 82 valence electrons. The molecule has 1 aliphatic rings. The summed E-state index contributed by atoms with van der Waals surface area (Å²) in [7, 11) is 0. The summed E-state index contributed by atoms with van der Waals surface area (Å²) in [5, 5.41) is 3.60. The highest BCUT2D eigenvalue weighted by molar-refractivity contribution is 6.41. The molecule has 1 heterocycles. The number of hydrogen-bond acceptors (Lipinski definition) is 1. The van der Waals surface area contributed by atoms with E-state index in [1.54, 1.807) is 19.1 Å². The van der Waals surface area contributed by atoms with Gasteiger partial charge < -0.3 is 5.32 Å². The average molecular weight is 254 g/mol. The van der Waals surface area contributed by atoms with Crippen LogP contribution in [0.5, 0.6) is 0 Å². The molecule has 0 aromatic heterocycles. The number of anilines is 1. The van der Waals surface area contributed by atoms with Crippen molar-refractivity contribution < 1.29 is 4.79 Å². The van der Waals surface area contributed by atoms with Crippen molar-refractivity contribution in [1.29, 1.82) is 0 Å². The minimum atomic E-state index is -0.192. The first-order chi connectivity index (χ1) is 7.52. The molecule has 0 bridgehead atoms. The predicted molar refractivity (Wildman–Crippen MR) is 67.7 cm³/mol. The zero-order chi connectivity index (χ0) is 11.9. The number of carbonyl (C=O) groups is 1. The van der Waals surface area contributed by atoms with E-state index in [-0.39, 0.29) is 5.91 Å². The second kappa shape index (κ2) is 3.96. The number of halogens is 2. The van der Waals surface area contributed by atoms with Gasteiger partial charge in [-0.15, -0.1) is 0 Å². The summed E-state index contributed by atoms with van der Waals surface area (Å²) >= 11 is 11.8. The van der Waals surface area contributed by atoms with Crippen LogP contribution < -0.4 is 5.32 Å². The lowest BCUT2D eigenvalue weighted by Gasteiger charge is -2.03. The number of rotatable bonds is 1. The van der Waals surface area contributed by atoms with Crippen LogP contribution in [0.3, 0.4) is 0 Å². The lowest BCUT2D eigenvalue weighted by atomic mass is 10.0. The van der Waals surface area contributed by atoms with Gasteiger partial charge in [-0.2, -0.15) is 0 Å². The summed E-state index contributed by atoms with van der Waals surface area (Å²) in [6.07, 6.45) is 0. The third-order valence-corrected chi connectivity index (χ3v) is 3.13. The Labute approximate surface area is 104 Å². The van der Waals surface area contributed by atoms with Crippen molar-refractivity contribution in [3.63, 3.8) is 0 Å². The number of para-hydroxylation sites is 1. The van der Waals surface area contributed by atoms with E-state index in [1.807, 2.05) is 6.07 Å². The summed E-state index contributed by atoms with van der Waals surface area (Å²) in [6.45, 7) is 5.39. The summed E-state index contributed by atoms with van der Waals surface area (Å²) in [4.78, 5) is 11.8. The largest absolute Gasteiger partial charge is 0.320 e. The van der Waals surface area contributed by atoms with E-state index < -0.39 is 0 Å². The van der Waals surface area contributed by atoms with Gasteiger partial charge in [0.2, 0.25) is 0 Å². The van der Waals surface area contributed by atoms with E-state index in [1.165, 1.54) is 0 Å². The first-order valence-corrected chi connectivity index (χ1v) is 5.44. The molecule has 0 atom stereocenters. The maximum Gasteiger partial charge on any atom is 0.256 e. The highest BCUT2D eigenvalue weighted by Crippen LogP contribution is 2.39. The van der Waals surface area contributed by atoms with Crippen molar-refractivity contribution >= 4 is 40.4 Å². The zero-order valence-electron chi connectivity index (χ0n) is 8.60. The van der Waals surface area contributed by atoms with Crippen LogP contribution in [0.2, 0.25) is 5.02 Å². The van der Waals surface area contributed by atoms with E-state index in [0.29, 0.717) is 26.9 Å². The number of nitrogens with one attached hydrogen (secondary N) is 1. The lowest BCUT2D eigenvalue weighted by molar-refractivity contribution is -0.110. The number of allylic oxidation sites excluding steroid dienone is 2. The Bertz CT molecular complexity index is 532. The fraction of sp³-hybridized carbons (Fsp3) is 0.0833. The molecule has 0 aliphatic carbocycles. The van der Waals surface area contributed by atoms with Crippen molar-refractivity contribution in [2.24, 2.45) is 0 Å². The Balaban J connectivity index is 2.70. The van der Waals surface area contributed by atoms with E-state index in [2.05, 4.69) is 11.9 Å². The molecule has 1 aromatic carbocycles. The van der Waals surface area contributed by atoms with Gasteiger partial charge in [-0.05, 0) is 18.6 Å². The fourth-order valence-electron chi connectivity index (χ4n) is 1.67. The van der Waals surface area contributed by atoms with Gasteiger partial charge in [0.25, 0.3) is 5.91 Å². The Morgan fingerprint density at radius 1 is 1.44 bits per heavy atom. The molecule has 2 rings (SSSR count). The lowest BCUT2D eigenvalue weighted by Crippen LogP contribution is -2.05. The molecule has 0 fully saturated rings. The van der Waals surface area contributed by atoms with Crippen LogP contribution in [0.4, 0.5) is 5.69 Å². The van der Waals surface area contributed by atoms with Crippen molar-refractivity contribution in [3.05, 3.63) is 46.0 Å². The van der Waals surface area contributed by atoms with Gasteiger partial charge in [-0.1, -0.05) is 41.9 Å². The molecule has 1 aliphatic heterocycles. The summed E-state index contributed by atoms with van der Waals surface area (Å²) in [5.41, 5.74) is 2.62. The molecule has 0 spiro atoms. The molecule has 0 saturated carbocycles. The van der Waals surface area contributed by atoms with E-state index in [0.717, 1.165) is 5.56 Å². The predicted octanol–water partition coefficient (Wildman–Crippen LogP) is 3.82. The number of amides is 1. The van der Waals surface area contributed by atoms with Gasteiger partial charge >= 0.3 is 0 Å². The summed E-state index contributed by atoms with van der Waals surface area (Å²) < 4.78 is 0. The second-order valence-corrected chi connectivity index (χ2v) is 4.38. The van der Waals surface area contributed by atoms with Gasteiger partial charge in [0.15, 0.2) is 0 Å². The Morgan fingerprint density at radius 3 is 2.75 bits per heavy atom. The summed E-state index contributed by atoms with van der Waals surface area (Å²) in [6, 6.07) is 5.36. The van der Waals surface area contributed by atoms with Crippen molar-refractivity contribution in [2.45, 2.75) is 6.92 Å². The molecule has 1 N–H and O–H groups in total. The average Bonchev–Trinajstić information content (AvgIpc) is 2.55. The number of carbonyl (C=O) groups excluding carboxylic acids is 1. The number of benzene rings is 1. The minimum absolute atomic E-state index is 0.192. The third kappa shape index (κ3) is 1.64. The Kier molecular flexibility index (Phi) is 2.78. The Hall–Kier alpha value is -1.25. The van der Waals surface area contributed by atoms with Gasteiger partial charge in [0, 0.05) is 10.6 Å². The fourth-order valence-corrected chi connectivity index (χ4v) is 1.98. The van der Waals surface area contributed by atoms with Crippen LogP contribution >= 0.6 is 23.2 Å². The third-order valence-electron chi connectivity index (χ3n) is 2.53. The van der Waals surface area contributed by atoms with Crippen molar-refractivity contribution in [2.75, 3.05) is 5.32 Å². The van der Waals surface area contributed by atoms with Gasteiger partial charge in [0.05, 0.1) is 16.3 Å². The molecule has 0 saturated heterocycles. The molecule has 4 heteroatoms. The molecule has 16 heavy (non-hydrogen) atoms. The van der Waals surface area contributed by atoms with Crippen LogP contribution in [-0.4, -0.2) is 5.91 Å². The second-order valence-electron chi connectivity index (χ2n) is 3.52. The van der Waals surface area contributed by atoms with Crippen LogP contribution in [0.1, 0.15) is 12.5 Å². The van der Waals surface area contributed by atoms with Crippen LogP contribution in [0, 0.1) is 0 Å². The summed E-state index contributed by atoms with van der Waals surface area (Å²) in [5.74, 6) is -0.192. The smallest absolute Gasteiger partial charge is 0.256 e. The highest BCUT2D eigenvalue weighted by atomic mass is 35.5. The van der Waals surface area contributed by atoms with Crippen molar-refractivity contribution in [1.82, 2.24) is 0 Å². The van der Waals surface area contributed by atoms with Crippen LogP contribution in [0.25, 0.3) is 5.57 Å². The van der Waals surface area contributed by atoms with Crippen LogP contribution in [-0.2, 0) is 4.79 Å². The molecule has 0 radical (unpaired) electrons. The van der Waals surface area contributed by atoms with Gasteiger partial charge in [-0.25, -0.2) is 0 Å². The van der Waals surface area contributed by atoms with Crippen LogP contribution in [0.15, 0.2) is 35.4 Å². The normalized spacial score (nSPS) is 16.8. The molecular weight excluding hydrogens is 245 g/mol. The monoisotopic (exact) mass is 253 g/mol.